The summed E-state index contributed by atoms with van der Waals surface area (Å²) in [7, 11) is 1.84. The summed E-state index contributed by atoms with van der Waals surface area (Å²) in [6.07, 6.45) is 0.362. The van der Waals surface area contributed by atoms with Crippen LogP contribution in [0.1, 0.15) is 31.4 Å². The predicted molar refractivity (Wildman–Crippen MR) is 129 cm³/mol. The first kappa shape index (κ1) is 22.7. The van der Waals surface area contributed by atoms with Gasteiger partial charge in [0.2, 0.25) is 5.91 Å². The lowest BCUT2D eigenvalue weighted by Crippen LogP contribution is -2.27. The summed E-state index contributed by atoms with van der Waals surface area (Å²) in [5.41, 5.74) is 4.47. The van der Waals surface area contributed by atoms with Crippen molar-refractivity contribution in [3.8, 4) is 11.4 Å². The molecule has 31 heavy (non-hydrogen) atoms. The highest BCUT2D eigenvalue weighted by molar-refractivity contribution is 7.71. The summed E-state index contributed by atoms with van der Waals surface area (Å²) in [4.78, 5) is 16.8. The van der Waals surface area contributed by atoms with Gasteiger partial charge in [0.1, 0.15) is 0 Å². The molecule has 7 heteroatoms. The summed E-state index contributed by atoms with van der Waals surface area (Å²) in [5.74, 6) is 0.835. The lowest BCUT2D eigenvalue weighted by Gasteiger charge is -2.22. The molecule has 6 nitrogen and oxygen atoms in total. The second-order valence-electron chi connectivity index (χ2n) is 7.71. The minimum Gasteiger partial charge on any atom is -0.372 e. The van der Waals surface area contributed by atoms with Crippen molar-refractivity contribution in [1.82, 2.24) is 19.7 Å². The molecular formula is C24H31N5OS. The number of H-pyrrole nitrogens is 1. The van der Waals surface area contributed by atoms with Crippen LogP contribution in [0.5, 0.6) is 0 Å². The van der Waals surface area contributed by atoms with E-state index in [1.807, 2.05) is 36.7 Å². The second-order valence-corrected chi connectivity index (χ2v) is 8.10. The highest BCUT2D eigenvalue weighted by Gasteiger charge is 2.14. The molecule has 0 aliphatic rings. The van der Waals surface area contributed by atoms with Gasteiger partial charge in [0.05, 0.1) is 0 Å². The molecule has 0 atom stereocenters. The fourth-order valence-corrected chi connectivity index (χ4v) is 3.91. The molecule has 2 aromatic carbocycles. The highest BCUT2D eigenvalue weighted by atomic mass is 32.1. The van der Waals surface area contributed by atoms with E-state index in [4.69, 9.17) is 12.2 Å². The van der Waals surface area contributed by atoms with Crippen LogP contribution < -0.4 is 4.90 Å². The molecule has 0 unspecified atom stereocenters. The van der Waals surface area contributed by atoms with Gasteiger partial charge in [0, 0.05) is 50.9 Å². The number of carbonyl (C=O) groups excluding carboxylic acids is 1. The van der Waals surface area contributed by atoms with Gasteiger partial charge in [0.15, 0.2) is 10.6 Å². The Morgan fingerprint density at radius 2 is 1.84 bits per heavy atom. The van der Waals surface area contributed by atoms with Crippen LogP contribution in [0.15, 0.2) is 48.5 Å². The second kappa shape index (κ2) is 10.4. The Balaban J connectivity index is 1.62. The Hall–Kier alpha value is -2.93. The average molecular weight is 438 g/mol. The maximum absolute atomic E-state index is 12.8. The number of nitrogens with zero attached hydrogens (tertiary/aromatic N) is 4. The van der Waals surface area contributed by atoms with Crippen LogP contribution in [-0.4, -0.2) is 45.7 Å². The molecule has 1 N–H and O–H groups in total. The first-order chi connectivity index (χ1) is 14.9. The van der Waals surface area contributed by atoms with Crippen LogP contribution in [0, 0.1) is 11.7 Å². The molecule has 0 radical (unpaired) electrons. The van der Waals surface area contributed by atoms with E-state index < -0.39 is 0 Å². The first-order valence-electron chi connectivity index (χ1n) is 10.7. The summed E-state index contributed by atoms with van der Waals surface area (Å²) in [6, 6.07) is 16.6. The van der Waals surface area contributed by atoms with Crippen LogP contribution in [0.25, 0.3) is 11.4 Å². The third kappa shape index (κ3) is 5.61. The molecule has 164 valence electrons. The molecular weight excluding hydrogens is 406 g/mol. The van der Waals surface area contributed by atoms with Crippen LogP contribution >= 0.6 is 12.2 Å². The number of amides is 1. The zero-order valence-electron chi connectivity index (χ0n) is 18.8. The van der Waals surface area contributed by atoms with Crippen molar-refractivity contribution < 1.29 is 4.79 Å². The smallest absolute Gasteiger partial charge is 0.224 e. The number of aromatic amines is 1. The lowest BCUT2D eigenvalue weighted by molar-refractivity contribution is -0.130. The van der Waals surface area contributed by atoms with E-state index in [0.29, 0.717) is 24.3 Å². The number of aromatic nitrogens is 3. The fourth-order valence-electron chi connectivity index (χ4n) is 3.69. The molecule has 0 bridgehead atoms. The molecule has 1 aromatic heterocycles. The number of aryl methyl sites for hydroxylation is 1. The van der Waals surface area contributed by atoms with Crippen molar-refractivity contribution in [2.24, 2.45) is 0 Å². The third-order valence-corrected chi connectivity index (χ3v) is 5.81. The number of nitrogens with one attached hydrogen (secondary N) is 1. The minimum atomic E-state index is 0.0751. The largest absolute Gasteiger partial charge is 0.372 e. The highest BCUT2D eigenvalue weighted by Crippen LogP contribution is 2.19. The number of hydrogen-bond donors (Lipinski definition) is 1. The van der Waals surface area contributed by atoms with Gasteiger partial charge in [-0.25, -0.2) is 0 Å². The Labute approximate surface area is 189 Å². The lowest BCUT2D eigenvalue weighted by atomic mass is 10.1. The molecule has 3 rings (SSSR count). The third-order valence-electron chi connectivity index (χ3n) is 5.49. The van der Waals surface area contributed by atoms with E-state index in [0.717, 1.165) is 35.6 Å². The van der Waals surface area contributed by atoms with Crippen molar-refractivity contribution >= 4 is 23.8 Å². The fraction of sp³-hybridized carbons (Fsp3) is 0.375. The normalized spacial score (nSPS) is 10.8. The van der Waals surface area contributed by atoms with Crippen molar-refractivity contribution in [3.63, 3.8) is 0 Å². The zero-order chi connectivity index (χ0) is 22.4. The van der Waals surface area contributed by atoms with Crippen molar-refractivity contribution in [2.45, 2.75) is 40.3 Å². The van der Waals surface area contributed by atoms with Crippen molar-refractivity contribution in [2.75, 3.05) is 25.0 Å². The molecule has 0 fully saturated rings. The Kier molecular flexibility index (Phi) is 7.63. The van der Waals surface area contributed by atoms with Crippen LogP contribution in [0.4, 0.5) is 5.69 Å². The Morgan fingerprint density at radius 1 is 1.13 bits per heavy atom. The molecule has 1 heterocycles. The molecule has 0 spiro atoms. The number of carbonyl (C=O) groups is 1. The Bertz CT molecular complexity index is 1070. The average Bonchev–Trinajstić information content (AvgIpc) is 3.14. The molecule has 0 aliphatic heterocycles. The minimum absolute atomic E-state index is 0.0751. The van der Waals surface area contributed by atoms with Gasteiger partial charge in [-0.3, -0.25) is 14.5 Å². The van der Waals surface area contributed by atoms with Gasteiger partial charge in [-0.1, -0.05) is 35.9 Å². The summed E-state index contributed by atoms with van der Waals surface area (Å²) in [5, 5.41) is 7.23. The molecule has 1 amide bonds. The number of rotatable bonds is 9. The van der Waals surface area contributed by atoms with E-state index in [1.54, 1.807) is 4.90 Å². The molecule has 0 saturated carbocycles. The predicted octanol–water partition coefficient (Wildman–Crippen LogP) is 4.81. The monoisotopic (exact) mass is 437 g/mol. The van der Waals surface area contributed by atoms with E-state index in [2.05, 4.69) is 59.3 Å². The van der Waals surface area contributed by atoms with Gasteiger partial charge in [-0.15, -0.1) is 0 Å². The number of hydrogen-bond acceptors (Lipinski definition) is 4. The van der Waals surface area contributed by atoms with Gasteiger partial charge >= 0.3 is 0 Å². The number of benzene rings is 2. The summed E-state index contributed by atoms with van der Waals surface area (Å²) >= 11 is 5.40. The SMILES string of the molecule is CCN(CC)c1ccc(CN(C)C(=O)CCn2c(-c3cccc(C)c3)n[nH]c2=S)cc1. The molecule has 0 saturated heterocycles. The zero-order valence-corrected chi connectivity index (χ0v) is 19.6. The van der Waals surface area contributed by atoms with E-state index in [9.17, 15) is 4.79 Å². The van der Waals surface area contributed by atoms with Crippen LogP contribution in [-0.2, 0) is 17.9 Å². The summed E-state index contributed by atoms with van der Waals surface area (Å²) < 4.78 is 2.42. The van der Waals surface area contributed by atoms with E-state index >= 15 is 0 Å². The first-order valence-corrected chi connectivity index (χ1v) is 11.1. The quantitative estimate of drug-likeness (QED) is 0.488. The van der Waals surface area contributed by atoms with Crippen molar-refractivity contribution in [1.29, 1.82) is 0 Å². The van der Waals surface area contributed by atoms with E-state index in [1.165, 1.54) is 5.69 Å². The Morgan fingerprint density at radius 3 is 2.48 bits per heavy atom. The maximum atomic E-state index is 12.8. The topological polar surface area (TPSA) is 57.2 Å². The van der Waals surface area contributed by atoms with Crippen molar-refractivity contribution in [3.05, 3.63) is 64.4 Å². The number of anilines is 1. The standard InChI is InChI=1S/C24H31N5OS/c1-5-28(6-2)21-12-10-19(11-13-21)17-27(4)22(30)14-15-29-23(25-26-24(29)31)20-9-7-8-18(3)16-20/h7-13,16H,5-6,14-15,17H2,1-4H3,(H,26,31). The van der Waals surface area contributed by atoms with Gasteiger partial charge in [0.25, 0.3) is 0 Å². The van der Waals surface area contributed by atoms with Gasteiger partial charge < -0.3 is 9.80 Å². The molecule has 3 aromatic rings. The van der Waals surface area contributed by atoms with Crippen LogP contribution in [0.2, 0.25) is 0 Å². The van der Waals surface area contributed by atoms with E-state index in [-0.39, 0.29) is 5.91 Å². The van der Waals surface area contributed by atoms with Gasteiger partial charge in [-0.05, 0) is 56.8 Å². The van der Waals surface area contributed by atoms with Crippen LogP contribution in [0.3, 0.4) is 0 Å². The maximum Gasteiger partial charge on any atom is 0.224 e. The van der Waals surface area contributed by atoms with Gasteiger partial charge in [-0.2, -0.15) is 5.10 Å². The summed E-state index contributed by atoms with van der Waals surface area (Å²) in [6.45, 7) is 9.38. The molecule has 0 aliphatic carbocycles.